The second-order valence-corrected chi connectivity index (χ2v) is 10.6. The summed E-state index contributed by atoms with van der Waals surface area (Å²) in [5.41, 5.74) is -0.815. The number of carboxylic acids is 1. The molecule has 3 rings (SSSR count). The molecule has 2 aliphatic rings. The van der Waals surface area contributed by atoms with Crippen LogP contribution in [-0.2, 0) is 27.1 Å². The van der Waals surface area contributed by atoms with Gasteiger partial charge in [0.15, 0.2) is 0 Å². The van der Waals surface area contributed by atoms with Crippen molar-refractivity contribution in [1.82, 2.24) is 5.32 Å². The Labute approximate surface area is 205 Å². The molecule has 10 heteroatoms. The second kappa shape index (κ2) is 10.1. The number of hydrogen-bond donors (Lipinski definition) is 2. The molecule has 1 aliphatic heterocycles. The Morgan fingerprint density at radius 2 is 1.88 bits per heavy atom. The van der Waals surface area contributed by atoms with Crippen molar-refractivity contribution < 1.29 is 32.6 Å². The number of allylic oxidation sites excluding steroid dienone is 1. The van der Waals surface area contributed by atoms with E-state index in [-0.39, 0.29) is 23.3 Å². The third-order valence-corrected chi connectivity index (χ3v) is 7.55. The van der Waals surface area contributed by atoms with Gasteiger partial charge in [0.2, 0.25) is 0 Å². The van der Waals surface area contributed by atoms with Gasteiger partial charge in [-0.3, -0.25) is 4.79 Å². The number of hydrogen-bond acceptors (Lipinski definition) is 4. The van der Waals surface area contributed by atoms with E-state index >= 15 is 0 Å². The molecule has 184 valence electrons. The van der Waals surface area contributed by atoms with Crippen LogP contribution in [0.25, 0.3) is 0 Å². The van der Waals surface area contributed by atoms with Crippen LogP contribution >= 0.6 is 23.4 Å². The normalized spacial score (nSPS) is 21.1. The van der Waals surface area contributed by atoms with Crippen LogP contribution in [0.4, 0.5) is 13.2 Å². The molecule has 3 unspecified atom stereocenters. The van der Waals surface area contributed by atoms with Gasteiger partial charge in [0, 0.05) is 5.25 Å². The van der Waals surface area contributed by atoms with Crippen LogP contribution < -0.4 is 5.32 Å². The van der Waals surface area contributed by atoms with Crippen molar-refractivity contribution in [3.05, 3.63) is 69.3 Å². The molecule has 34 heavy (non-hydrogen) atoms. The number of carbonyl (C=O) groups excluding carboxylic acids is 1. The minimum atomic E-state index is -4.44. The van der Waals surface area contributed by atoms with Crippen molar-refractivity contribution in [3.8, 4) is 0 Å². The van der Waals surface area contributed by atoms with E-state index in [2.05, 4.69) is 5.32 Å². The summed E-state index contributed by atoms with van der Waals surface area (Å²) in [6, 6.07) is 3.44. The number of fused-ring (bicyclic) bond motifs is 1. The molecule has 1 heterocycles. The maximum Gasteiger partial charge on any atom is 0.416 e. The topological polar surface area (TPSA) is 75.6 Å². The van der Waals surface area contributed by atoms with Gasteiger partial charge in [0.25, 0.3) is 5.91 Å². The summed E-state index contributed by atoms with van der Waals surface area (Å²) in [5.74, 6) is -1.82. The fraction of sp³-hybridized carbons (Fsp3) is 0.417. The molecule has 1 aromatic carbocycles. The lowest BCUT2D eigenvalue weighted by Crippen LogP contribution is -2.50. The molecular formula is C24H25ClF3NO4S. The van der Waals surface area contributed by atoms with E-state index in [1.807, 2.05) is 13.0 Å². The zero-order valence-electron chi connectivity index (χ0n) is 18.8. The number of carboxylic acid groups (broad SMARTS) is 1. The highest BCUT2D eigenvalue weighted by Crippen LogP contribution is 2.46. The first-order valence-corrected chi connectivity index (χ1v) is 11.9. The van der Waals surface area contributed by atoms with Crippen molar-refractivity contribution in [2.45, 2.75) is 51.3 Å². The van der Waals surface area contributed by atoms with E-state index < -0.39 is 35.1 Å². The van der Waals surface area contributed by atoms with Gasteiger partial charge in [0.1, 0.15) is 18.4 Å². The quantitative estimate of drug-likeness (QED) is 0.453. The van der Waals surface area contributed by atoms with Gasteiger partial charge in [-0.15, -0.1) is 11.8 Å². The Morgan fingerprint density at radius 3 is 2.44 bits per heavy atom. The number of amides is 1. The highest BCUT2D eigenvalue weighted by molar-refractivity contribution is 8.05. The molecule has 0 saturated heterocycles. The van der Waals surface area contributed by atoms with Crippen molar-refractivity contribution in [2.24, 2.45) is 11.3 Å². The van der Waals surface area contributed by atoms with E-state index in [9.17, 15) is 27.9 Å². The van der Waals surface area contributed by atoms with Gasteiger partial charge in [-0.1, -0.05) is 50.6 Å². The summed E-state index contributed by atoms with van der Waals surface area (Å²) in [5, 5.41) is 12.2. The van der Waals surface area contributed by atoms with Gasteiger partial charge >= 0.3 is 12.1 Å². The molecule has 0 saturated carbocycles. The van der Waals surface area contributed by atoms with Crippen molar-refractivity contribution >= 4 is 35.2 Å². The monoisotopic (exact) mass is 515 g/mol. The summed E-state index contributed by atoms with van der Waals surface area (Å²) in [6.07, 6.45) is 1.22. The Bertz CT molecular complexity index is 1050. The molecule has 0 aromatic heterocycles. The van der Waals surface area contributed by atoms with E-state index in [1.54, 1.807) is 26.0 Å². The number of rotatable bonds is 8. The summed E-state index contributed by atoms with van der Waals surface area (Å²) < 4.78 is 45.0. The van der Waals surface area contributed by atoms with Crippen LogP contribution in [-0.4, -0.2) is 28.3 Å². The maximum atomic E-state index is 13.2. The van der Waals surface area contributed by atoms with E-state index in [0.29, 0.717) is 22.1 Å². The Morgan fingerprint density at radius 1 is 1.24 bits per heavy atom. The van der Waals surface area contributed by atoms with E-state index in [1.165, 1.54) is 23.9 Å². The molecule has 1 aliphatic carbocycles. The van der Waals surface area contributed by atoms with Crippen LogP contribution in [0.2, 0.25) is 0 Å². The van der Waals surface area contributed by atoms with Crippen LogP contribution in [0.3, 0.4) is 0 Å². The highest BCUT2D eigenvalue weighted by atomic mass is 35.5. The van der Waals surface area contributed by atoms with E-state index in [4.69, 9.17) is 16.3 Å². The zero-order chi connectivity index (χ0) is 25.3. The SMILES string of the molecule is CCC(C)(C)C(NC(=O)C1=C(OCc2ccc(C(F)(F)F)cc2)C2C=C(Cl)SC2C=C1)C(=O)O. The van der Waals surface area contributed by atoms with Gasteiger partial charge in [0.05, 0.1) is 21.4 Å². The summed E-state index contributed by atoms with van der Waals surface area (Å²) >= 11 is 7.58. The zero-order valence-corrected chi connectivity index (χ0v) is 20.4. The average Bonchev–Trinajstić information content (AvgIpc) is 3.15. The number of ether oxygens (including phenoxy) is 1. The molecule has 0 radical (unpaired) electrons. The lowest BCUT2D eigenvalue weighted by atomic mass is 9.81. The van der Waals surface area contributed by atoms with Gasteiger partial charge in [-0.2, -0.15) is 13.2 Å². The third-order valence-electron chi connectivity index (χ3n) is 6.07. The molecule has 0 spiro atoms. The number of nitrogens with one attached hydrogen (secondary N) is 1. The average molecular weight is 516 g/mol. The Kier molecular flexibility index (Phi) is 7.77. The van der Waals surface area contributed by atoms with Crippen molar-refractivity contribution in [1.29, 1.82) is 0 Å². The van der Waals surface area contributed by atoms with Gasteiger partial charge in [-0.25, -0.2) is 4.79 Å². The standard InChI is InChI=1S/C24H25ClF3NO4S/c1-4-23(2,3)20(22(31)32)29-21(30)15-9-10-17-16(11-18(25)34-17)19(15)33-12-13-5-7-14(8-6-13)24(26,27)28/h5-11,16-17,20H,4,12H2,1-3H3,(H,29,30)(H,31,32). The highest BCUT2D eigenvalue weighted by Gasteiger charge is 2.39. The molecule has 5 nitrogen and oxygen atoms in total. The minimum absolute atomic E-state index is 0.0692. The number of benzene rings is 1. The maximum absolute atomic E-state index is 13.2. The number of carbonyl (C=O) groups is 2. The fourth-order valence-electron chi connectivity index (χ4n) is 3.63. The molecule has 2 N–H and O–H groups in total. The molecule has 0 bridgehead atoms. The van der Waals surface area contributed by atoms with Gasteiger partial charge < -0.3 is 15.2 Å². The van der Waals surface area contributed by atoms with Crippen LogP contribution in [0.1, 0.15) is 38.3 Å². The van der Waals surface area contributed by atoms with Crippen LogP contribution in [0.5, 0.6) is 0 Å². The largest absolute Gasteiger partial charge is 0.492 e. The predicted molar refractivity (Wildman–Crippen MR) is 125 cm³/mol. The number of halogens is 4. The molecular weight excluding hydrogens is 491 g/mol. The summed E-state index contributed by atoms with van der Waals surface area (Å²) in [7, 11) is 0. The molecule has 1 aromatic rings. The molecule has 0 fully saturated rings. The van der Waals surface area contributed by atoms with Crippen molar-refractivity contribution in [2.75, 3.05) is 0 Å². The Hall–Kier alpha value is -2.39. The van der Waals surface area contributed by atoms with Crippen LogP contribution in [0, 0.1) is 11.3 Å². The smallest absolute Gasteiger partial charge is 0.416 e. The predicted octanol–water partition coefficient (Wildman–Crippen LogP) is 5.86. The van der Waals surface area contributed by atoms with Crippen molar-refractivity contribution in [3.63, 3.8) is 0 Å². The lowest BCUT2D eigenvalue weighted by molar-refractivity contribution is -0.144. The number of thioether (sulfide) groups is 1. The van der Waals surface area contributed by atoms with Gasteiger partial charge in [-0.05, 0) is 41.7 Å². The first-order chi connectivity index (χ1) is 15.8. The molecule has 1 amide bonds. The van der Waals surface area contributed by atoms with Crippen LogP contribution in [0.15, 0.2) is 58.2 Å². The summed E-state index contributed by atoms with van der Waals surface area (Å²) in [4.78, 5) is 25.0. The Balaban J connectivity index is 1.88. The lowest BCUT2D eigenvalue weighted by Gasteiger charge is -2.32. The number of alkyl halides is 3. The van der Waals surface area contributed by atoms with E-state index in [0.717, 1.165) is 12.1 Å². The molecule has 3 atom stereocenters. The third kappa shape index (κ3) is 5.81. The second-order valence-electron chi connectivity index (χ2n) is 8.79. The summed E-state index contributed by atoms with van der Waals surface area (Å²) in [6.45, 7) is 5.28. The number of aliphatic carboxylic acids is 1. The fourth-order valence-corrected chi connectivity index (χ4v) is 5.07. The first kappa shape index (κ1) is 26.2. The first-order valence-electron chi connectivity index (χ1n) is 10.6. The minimum Gasteiger partial charge on any atom is -0.492 e.